The van der Waals surface area contributed by atoms with Gasteiger partial charge in [0.15, 0.2) is 18.9 Å². The number of aliphatic hydroxyl groups excluding tert-OH is 11. The van der Waals surface area contributed by atoms with Gasteiger partial charge < -0.3 is 79.9 Å². The molecule has 0 aliphatic carbocycles. The number of hydrogen-bond donors (Lipinski definition) is 11. The first-order valence-electron chi connectivity index (χ1n) is 10.4. The van der Waals surface area contributed by atoms with E-state index in [1.165, 1.54) is 0 Å². The quantitative estimate of drug-likeness (QED) is 0.117. The molecule has 2 aliphatic heterocycles. The SMILES string of the molecule is O=CC(OC1OC(CO)C(O)C(O)C1O)C(OC1OC(CO)C(O)C(O)C1O)C(O)C(O)CO. The van der Waals surface area contributed by atoms with Crippen molar-refractivity contribution < 1.29 is 79.9 Å². The standard InChI is InChI=1S/C18H32O16/c19-1-5(23)9(24)16(34-18-15(30)13(28)11(26)7(3-21)32-18)8(4-22)33-17-14(29)12(27)10(25)6(2-20)31-17/h4-21,23-30H,1-3H2. The van der Waals surface area contributed by atoms with Gasteiger partial charge in [0.1, 0.15) is 73.2 Å². The van der Waals surface area contributed by atoms with Crippen molar-refractivity contribution in [3.63, 3.8) is 0 Å². The number of hydrogen-bond acceptors (Lipinski definition) is 16. The molecule has 16 heteroatoms. The first kappa shape index (κ1) is 29.3. The van der Waals surface area contributed by atoms with Gasteiger partial charge in [-0.15, -0.1) is 0 Å². The van der Waals surface area contributed by atoms with E-state index >= 15 is 0 Å². The highest BCUT2D eigenvalue weighted by atomic mass is 16.7. The zero-order chi connectivity index (χ0) is 25.7. The van der Waals surface area contributed by atoms with E-state index in [1.54, 1.807) is 0 Å². The van der Waals surface area contributed by atoms with Crippen LogP contribution in [0.2, 0.25) is 0 Å². The number of ether oxygens (including phenoxy) is 4. The summed E-state index contributed by atoms with van der Waals surface area (Å²) in [5.74, 6) is 0. The van der Waals surface area contributed by atoms with Crippen LogP contribution in [0.25, 0.3) is 0 Å². The molecule has 0 aromatic carbocycles. The first-order valence-corrected chi connectivity index (χ1v) is 10.4. The van der Waals surface area contributed by atoms with Crippen molar-refractivity contribution in [2.24, 2.45) is 0 Å². The lowest BCUT2D eigenvalue weighted by molar-refractivity contribution is -0.344. The zero-order valence-electron chi connectivity index (χ0n) is 17.7. The van der Waals surface area contributed by atoms with Crippen molar-refractivity contribution >= 4 is 6.29 Å². The Labute approximate surface area is 192 Å². The Morgan fingerprint density at radius 2 is 1.15 bits per heavy atom. The summed E-state index contributed by atoms with van der Waals surface area (Å²) in [6, 6.07) is 0. The van der Waals surface area contributed by atoms with E-state index in [1.807, 2.05) is 0 Å². The molecule has 11 N–H and O–H groups in total. The highest BCUT2D eigenvalue weighted by Crippen LogP contribution is 2.28. The molecule has 0 spiro atoms. The van der Waals surface area contributed by atoms with Gasteiger partial charge in [-0.1, -0.05) is 0 Å². The molecule has 14 atom stereocenters. The Hall–Kier alpha value is -0.930. The van der Waals surface area contributed by atoms with Crippen LogP contribution >= 0.6 is 0 Å². The number of aldehydes is 1. The lowest BCUT2D eigenvalue weighted by atomic mass is 9.98. The lowest BCUT2D eigenvalue weighted by Crippen LogP contribution is -2.63. The number of carbonyl (C=O) groups excluding carboxylic acids is 1. The molecule has 200 valence electrons. The zero-order valence-corrected chi connectivity index (χ0v) is 17.7. The molecular formula is C18H32O16. The summed E-state index contributed by atoms with van der Waals surface area (Å²) >= 11 is 0. The molecule has 14 unspecified atom stereocenters. The van der Waals surface area contributed by atoms with E-state index in [0.29, 0.717) is 0 Å². The first-order chi connectivity index (χ1) is 16.0. The average Bonchev–Trinajstić information content (AvgIpc) is 2.84. The maximum absolute atomic E-state index is 11.8. The maximum atomic E-state index is 11.8. The summed E-state index contributed by atoms with van der Waals surface area (Å²) in [7, 11) is 0. The fraction of sp³-hybridized carbons (Fsp3) is 0.944. The lowest BCUT2D eigenvalue weighted by Gasteiger charge is -2.44. The predicted octanol–water partition coefficient (Wildman–Crippen LogP) is -7.73. The minimum atomic E-state index is -2.11. The Kier molecular flexibility index (Phi) is 11.1. The van der Waals surface area contributed by atoms with E-state index in [4.69, 9.17) is 18.9 Å². The van der Waals surface area contributed by atoms with Gasteiger partial charge in [-0.25, -0.2) is 0 Å². The summed E-state index contributed by atoms with van der Waals surface area (Å²) in [6.45, 7) is -2.66. The molecule has 2 aliphatic rings. The van der Waals surface area contributed by atoms with Gasteiger partial charge in [-0.3, -0.25) is 0 Å². The Balaban J connectivity index is 2.28. The minimum Gasteiger partial charge on any atom is -0.394 e. The van der Waals surface area contributed by atoms with E-state index in [9.17, 15) is 61.0 Å². The monoisotopic (exact) mass is 504 g/mol. The molecular weight excluding hydrogens is 472 g/mol. The van der Waals surface area contributed by atoms with E-state index in [0.717, 1.165) is 0 Å². The van der Waals surface area contributed by atoms with E-state index in [2.05, 4.69) is 0 Å². The van der Waals surface area contributed by atoms with Gasteiger partial charge in [0, 0.05) is 0 Å². The fourth-order valence-electron chi connectivity index (χ4n) is 3.54. The minimum absolute atomic E-state index is 0.0173. The maximum Gasteiger partial charge on any atom is 0.187 e. The van der Waals surface area contributed by atoms with Crippen LogP contribution in [0.15, 0.2) is 0 Å². The topological polar surface area (TPSA) is 277 Å². The Morgan fingerprint density at radius 3 is 1.53 bits per heavy atom. The second kappa shape index (κ2) is 12.9. The van der Waals surface area contributed by atoms with Crippen molar-refractivity contribution in [1.82, 2.24) is 0 Å². The van der Waals surface area contributed by atoms with E-state index < -0.39 is 106 Å². The molecule has 2 saturated heterocycles. The molecule has 34 heavy (non-hydrogen) atoms. The van der Waals surface area contributed by atoms with E-state index in [-0.39, 0.29) is 6.29 Å². The van der Waals surface area contributed by atoms with Crippen LogP contribution in [0.3, 0.4) is 0 Å². The molecule has 0 aromatic rings. The average molecular weight is 504 g/mol. The molecule has 2 fully saturated rings. The Bertz CT molecular complexity index is 621. The molecule has 0 aromatic heterocycles. The molecule has 0 bridgehead atoms. The van der Waals surface area contributed by atoms with Gasteiger partial charge in [0.2, 0.25) is 0 Å². The summed E-state index contributed by atoms with van der Waals surface area (Å²) < 4.78 is 20.9. The van der Waals surface area contributed by atoms with Gasteiger partial charge in [0.05, 0.1) is 19.8 Å². The third-order valence-corrected chi connectivity index (χ3v) is 5.66. The van der Waals surface area contributed by atoms with Gasteiger partial charge in [0.25, 0.3) is 0 Å². The number of rotatable bonds is 11. The molecule has 0 amide bonds. The smallest absolute Gasteiger partial charge is 0.187 e. The normalized spacial score (nSPS) is 42.6. The summed E-state index contributed by atoms with van der Waals surface area (Å²) in [5.41, 5.74) is 0. The third kappa shape index (κ3) is 6.25. The molecule has 2 heterocycles. The molecule has 2 rings (SSSR count). The number of aliphatic hydroxyl groups is 11. The number of carbonyl (C=O) groups is 1. The van der Waals surface area contributed by atoms with Crippen LogP contribution in [0, 0.1) is 0 Å². The van der Waals surface area contributed by atoms with Gasteiger partial charge >= 0.3 is 0 Å². The predicted molar refractivity (Wildman–Crippen MR) is 102 cm³/mol. The molecule has 0 saturated carbocycles. The highest BCUT2D eigenvalue weighted by Gasteiger charge is 2.49. The summed E-state index contributed by atoms with van der Waals surface area (Å²) in [4.78, 5) is 11.8. The van der Waals surface area contributed by atoms with Crippen molar-refractivity contribution in [3.8, 4) is 0 Å². The van der Waals surface area contributed by atoms with Crippen molar-refractivity contribution in [1.29, 1.82) is 0 Å². The largest absolute Gasteiger partial charge is 0.394 e. The van der Waals surface area contributed by atoms with Crippen molar-refractivity contribution in [3.05, 3.63) is 0 Å². The highest BCUT2D eigenvalue weighted by molar-refractivity contribution is 5.57. The van der Waals surface area contributed by atoms with Crippen LogP contribution in [-0.4, -0.2) is 168 Å². The summed E-state index contributed by atoms with van der Waals surface area (Å²) in [5, 5.41) is 108. The van der Waals surface area contributed by atoms with Crippen LogP contribution in [0.4, 0.5) is 0 Å². The van der Waals surface area contributed by atoms with Crippen LogP contribution < -0.4 is 0 Å². The molecule has 0 radical (unpaired) electrons. The third-order valence-electron chi connectivity index (χ3n) is 5.66. The second-order valence-corrected chi connectivity index (χ2v) is 7.97. The van der Waals surface area contributed by atoms with Crippen molar-refractivity contribution in [2.45, 2.75) is 85.8 Å². The molecule has 16 nitrogen and oxygen atoms in total. The van der Waals surface area contributed by atoms with Crippen LogP contribution in [0.1, 0.15) is 0 Å². The van der Waals surface area contributed by atoms with Gasteiger partial charge in [-0.05, 0) is 0 Å². The van der Waals surface area contributed by atoms with Gasteiger partial charge in [-0.2, -0.15) is 0 Å². The summed E-state index contributed by atoms with van der Waals surface area (Å²) in [6.07, 6.45) is -25.8. The van der Waals surface area contributed by atoms with Crippen LogP contribution in [-0.2, 0) is 23.7 Å². The van der Waals surface area contributed by atoms with Crippen LogP contribution in [0.5, 0.6) is 0 Å². The fourth-order valence-corrected chi connectivity index (χ4v) is 3.54. The Morgan fingerprint density at radius 1 is 0.706 bits per heavy atom. The van der Waals surface area contributed by atoms with Crippen molar-refractivity contribution in [2.75, 3.05) is 19.8 Å². The second-order valence-electron chi connectivity index (χ2n) is 7.97.